The van der Waals surface area contributed by atoms with E-state index in [-0.39, 0.29) is 10.8 Å². The minimum atomic E-state index is 0.160. The zero-order chi connectivity index (χ0) is 20.1. The summed E-state index contributed by atoms with van der Waals surface area (Å²) < 4.78 is 5.87. The van der Waals surface area contributed by atoms with Crippen LogP contribution in [-0.4, -0.2) is 6.61 Å². The molecule has 2 aromatic rings. The van der Waals surface area contributed by atoms with E-state index in [1.54, 1.807) is 0 Å². The first-order valence-corrected chi connectivity index (χ1v) is 9.84. The Labute approximate surface area is 165 Å². The van der Waals surface area contributed by atoms with Crippen LogP contribution in [0.1, 0.15) is 70.7 Å². The molecule has 0 atom stereocenters. The van der Waals surface area contributed by atoms with Gasteiger partial charge >= 0.3 is 0 Å². The van der Waals surface area contributed by atoms with Gasteiger partial charge in [0.15, 0.2) is 0 Å². The quantitative estimate of drug-likeness (QED) is 0.398. The van der Waals surface area contributed by atoms with Crippen molar-refractivity contribution in [2.24, 2.45) is 0 Å². The third-order valence-corrected chi connectivity index (χ3v) is 4.65. The first kappa shape index (κ1) is 21.0. The smallest absolute Gasteiger partial charge is 0.126 e. The molecule has 0 aromatic heterocycles. The van der Waals surface area contributed by atoms with Gasteiger partial charge in [-0.15, -0.1) is 0 Å². The van der Waals surface area contributed by atoms with Crippen LogP contribution in [0.5, 0.6) is 0 Å². The molecule has 0 aliphatic heterocycles. The molecule has 2 aromatic carbocycles. The maximum Gasteiger partial charge on any atom is 0.126 e. The van der Waals surface area contributed by atoms with E-state index < -0.39 is 0 Å². The Balaban J connectivity index is 2.18. The summed E-state index contributed by atoms with van der Waals surface area (Å²) in [5.41, 5.74) is 5.33. The van der Waals surface area contributed by atoms with Crippen molar-refractivity contribution in [3.63, 3.8) is 0 Å². The molecule has 0 radical (unpaired) electrons. The average Bonchev–Trinajstić information content (AvgIpc) is 2.60. The number of hydrogen-bond acceptors (Lipinski definition) is 1. The van der Waals surface area contributed by atoms with Crippen molar-refractivity contribution in [2.45, 2.75) is 59.3 Å². The molecule has 0 unspecified atom stereocenters. The van der Waals surface area contributed by atoms with Crippen molar-refractivity contribution in [2.75, 3.05) is 6.61 Å². The van der Waals surface area contributed by atoms with Crippen molar-refractivity contribution in [1.29, 1.82) is 0 Å². The van der Waals surface area contributed by atoms with Gasteiger partial charge in [-0.1, -0.05) is 102 Å². The lowest BCUT2D eigenvalue weighted by molar-refractivity contribution is 0.298. The molecule has 1 heteroatoms. The van der Waals surface area contributed by atoms with E-state index in [4.69, 9.17) is 4.74 Å². The van der Waals surface area contributed by atoms with Crippen LogP contribution in [0.25, 0.3) is 11.8 Å². The first-order chi connectivity index (χ1) is 12.6. The van der Waals surface area contributed by atoms with Gasteiger partial charge in [0, 0.05) is 5.56 Å². The van der Waals surface area contributed by atoms with Gasteiger partial charge in [-0.25, -0.2) is 0 Å². The monoisotopic (exact) mass is 362 g/mol. The first-order valence-electron chi connectivity index (χ1n) is 9.84. The minimum Gasteiger partial charge on any atom is -0.493 e. The lowest BCUT2D eigenvalue weighted by Crippen LogP contribution is -2.10. The molecule has 0 fully saturated rings. The number of benzene rings is 2. The van der Waals surface area contributed by atoms with Crippen LogP contribution in [0.2, 0.25) is 0 Å². The van der Waals surface area contributed by atoms with Crippen LogP contribution in [0.4, 0.5) is 0 Å². The molecule has 0 saturated heterocycles. The van der Waals surface area contributed by atoms with Crippen molar-refractivity contribution >= 4 is 11.8 Å². The average molecular weight is 363 g/mol. The minimum absolute atomic E-state index is 0.160. The van der Waals surface area contributed by atoms with Crippen LogP contribution in [-0.2, 0) is 15.6 Å². The van der Waals surface area contributed by atoms with Crippen molar-refractivity contribution in [3.8, 4) is 0 Å². The summed E-state index contributed by atoms with van der Waals surface area (Å²) in [7, 11) is 0. The highest BCUT2D eigenvalue weighted by atomic mass is 16.5. The summed E-state index contributed by atoms with van der Waals surface area (Å²) in [5.74, 6) is 0.903. The van der Waals surface area contributed by atoms with E-state index in [9.17, 15) is 0 Å². The molecule has 0 aliphatic rings. The predicted molar refractivity (Wildman–Crippen MR) is 119 cm³/mol. The van der Waals surface area contributed by atoms with Crippen molar-refractivity contribution in [1.82, 2.24) is 0 Å². The molecule has 0 amide bonds. The summed E-state index contributed by atoms with van der Waals surface area (Å²) in [4.78, 5) is 0. The van der Waals surface area contributed by atoms with Crippen molar-refractivity contribution < 1.29 is 4.74 Å². The summed E-state index contributed by atoms with van der Waals surface area (Å²) >= 11 is 0. The van der Waals surface area contributed by atoms with Crippen LogP contribution in [0.15, 0.2) is 60.7 Å². The van der Waals surface area contributed by atoms with E-state index >= 15 is 0 Å². The molecule has 1 nitrogen and oxygen atoms in total. The fraction of sp³-hybridized carbons (Fsp3) is 0.385. The third kappa shape index (κ3) is 6.13. The second-order valence-corrected chi connectivity index (χ2v) is 9.02. The Hall–Kier alpha value is -2.28. The molecule has 27 heavy (non-hydrogen) atoms. The Morgan fingerprint density at radius 2 is 1.26 bits per heavy atom. The SMILES string of the molecule is CCO/C(=C/C=C/c1ccc(C(C)(C)C)cc1)c1ccc(C(C)(C)C)cc1. The van der Waals surface area contributed by atoms with Crippen LogP contribution < -0.4 is 0 Å². The number of rotatable bonds is 5. The Morgan fingerprint density at radius 1 is 0.778 bits per heavy atom. The van der Waals surface area contributed by atoms with Gasteiger partial charge in [0.2, 0.25) is 0 Å². The molecule has 0 N–H and O–H groups in total. The normalized spacial score (nSPS) is 13.2. The summed E-state index contributed by atoms with van der Waals surface area (Å²) in [5, 5.41) is 0. The number of allylic oxidation sites excluding steroid dienone is 2. The van der Waals surface area contributed by atoms with Gasteiger partial charge in [-0.3, -0.25) is 0 Å². The molecule has 0 heterocycles. The molecular formula is C26H34O. The lowest BCUT2D eigenvalue weighted by atomic mass is 9.86. The molecule has 0 aliphatic carbocycles. The maximum atomic E-state index is 5.87. The summed E-state index contributed by atoms with van der Waals surface area (Å²) in [6, 6.07) is 17.4. The van der Waals surface area contributed by atoms with Crippen LogP contribution in [0, 0.1) is 0 Å². The second kappa shape index (κ2) is 8.61. The summed E-state index contributed by atoms with van der Waals surface area (Å²) in [6.07, 6.45) is 6.23. The molecule has 2 rings (SSSR count). The van der Waals surface area contributed by atoms with Gasteiger partial charge in [0.1, 0.15) is 5.76 Å². The largest absolute Gasteiger partial charge is 0.493 e. The number of ether oxygens (including phenoxy) is 1. The van der Waals surface area contributed by atoms with Gasteiger partial charge < -0.3 is 4.74 Å². The molecule has 0 spiro atoms. The number of hydrogen-bond donors (Lipinski definition) is 0. The fourth-order valence-electron chi connectivity index (χ4n) is 2.86. The predicted octanol–water partition coefficient (Wildman–Crippen LogP) is 7.37. The Kier molecular flexibility index (Phi) is 6.70. The van der Waals surface area contributed by atoms with Gasteiger partial charge in [0.25, 0.3) is 0 Å². The highest BCUT2D eigenvalue weighted by Crippen LogP contribution is 2.25. The van der Waals surface area contributed by atoms with Crippen LogP contribution >= 0.6 is 0 Å². The van der Waals surface area contributed by atoms with Crippen LogP contribution in [0.3, 0.4) is 0 Å². The zero-order valence-corrected chi connectivity index (χ0v) is 18.0. The summed E-state index contributed by atoms with van der Waals surface area (Å²) in [6.45, 7) is 16.1. The van der Waals surface area contributed by atoms with E-state index in [1.807, 2.05) is 13.0 Å². The van der Waals surface area contributed by atoms with E-state index in [1.165, 1.54) is 16.7 Å². The molecule has 0 bridgehead atoms. The molecular weight excluding hydrogens is 328 g/mol. The third-order valence-electron chi connectivity index (χ3n) is 4.65. The Morgan fingerprint density at radius 3 is 1.70 bits per heavy atom. The van der Waals surface area contributed by atoms with Gasteiger partial charge in [-0.2, -0.15) is 0 Å². The Bertz CT molecular complexity index is 776. The van der Waals surface area contributed by atoms with Gasteiger partial charge in [-0.05, 0) is 40.5 Å². The maximum absolute atomic E-state index is 5.87. The lowest BCUT2D eigenvalue weighted by Gasteiger charge is -2.19. The molecule has 0 saturated carbocycles. The zero-order valence-electron chi connectivity index (χ0n) is 18.0. The molecule has 144 valence electrons. The van der Waals surface area contributed by atoms with E-state index in [0.29, 0.717) is 6.61 Å². The topological polar surface area (TPSA) is 9.23 Å². The fourth-order valence-corrected chi connectivity index (χ4v) is 2.86. The standard InChI is InChI=1S/C26H34O/c1-8-27-24(21-14-18-23(19-15-21)26(5,6)7)11-9-10-20-12-16-22(17-13-20)25(2,3)4/h9-19H,8H2,1-7H3/b10-9+,24-11+. The van der Waals surface area contributed by atoms with E-state index in [0.717, 1.165) is 11.3 Å². The second-order valence-electron chi connectivity index (χ2n) is 9.02. The highest BCUT2D eigenvalue weighted by molar-refractivity contribution is 5.64. The van der Waals surface area contributed by atoms with Gasteiger partial charge in [0.05, 0.1) is 6.61 Å². The highest BCUT2D eigenvalue weighted by Gasteiger charge is 2.14. The van der Waals surface area contributed by atoms with Crippen molar-refractivity contribution in [3.05, 3.63) is 82.9 Å². The van der Waals surface area contributed by atoms with E-state index in [2.05, 4.69) is 102 Å².